The van der Waals surface area contributed by atoms with Crippen LogP contribution in [0.5, 0.6) is 0 Å². The van der Waals surface area contributed by atoms with E-state index in [1.165, 1.54) is 0 Å². The Kier molecular flexibility index (Phi) is 5.20. The fourth-order valence-electron chi connectivity index (χ4n) is 2.58. The van der Waals surface area contributed by atoms with Crippen LogP contribution in [0, 0.1) is 0 Å². The summed E-state index contributed by atoms with van der Waals surface area (Å²) in [6.45, 7) is 3.48. The molecule has 0 aliphatic carbocycles. The fraction of sp³-hybridized carbons (Fsp3) is 0.467. The molecule has 21 heavy (non-hydrogen) atoms. The molecule has 0 radical (unpaired) electrons. The molecule has 1 aliphatic rings. The van der Waals surface area contributed by atoms with Crippen LogP contribution in [0.15, 0.2) is 24.3 Å². The Morgan fingerprint density at radius 2 is 2.10 bits per heavy atom. The highest BCUT2D eigenvalue weighted by molar-refractivity contribution is 6.30. The number of primary amides is 1. The van der Waals surface area contributed by atoms with Crippen molar-refractivity contribution in [2.75, 3.05) is 19.6 Å². The van der Waals surface area contributed by atoms with Crippen LogP contribution in [0.4, 0.5) is 0 Å². The number of hydrogen-bond donors (Lipinski definition) is 2. The van der Waals surface area contributed by atoms with Crippen LogP contribution in [0.2, 0.25) is 5.02 Å². The Labute approximate surface area is 129 Å². The minimum absolute atomic E-state index is 0.0865. The third-order valence-corrected chi connectivity index (χ3v) is 4.11. The summed E-state index contributed by atoms with van der Waals surface area (Å²) in [6, 6.07) is 7.34. The van der Waals surface area contributed by atoms with Gasteiger partial charge in [0.05, 0.1) is 5.92 Å². The smallest absolute Gasteiger partial charge is 0.226 e. The van der Waals surface area contributed by atoms with Crippen molar-refractivity contribution >= 4 is 23.4 Å². The second kappa shape index (κ2) is 6.91. The van der Waals surface area contributed by atoms with Gasteiger partial charge in [-0.1, -0.05) is 23.7 Å². The SMILES string of the molecule is CC(=O)N1CC[C@H](NC[C@@H](C(N)=O)c2ccc(Cl)cc2)C1. The van der Waals surface area contributed by atoms with Crippen LogP contribution >= 0.6 is 11.6 Å². The fourth-order valence-corrected chi connectivity index (χ4v) is 2.70. The Morgan fingerprint density at radius 3 is 2.62 bits per heavy atom. The maximum absolute atomic E-state index is 11.6. The molecule has 0 unspecified atom stereocenters. The lowest BCUT2D eigenvalue weighted by Crippen LogP contribution is -2.39. The molecule has 0 saturated carbocycles. The number of nitrogens with two attached hydrogens (primary N) is 1. The van der Waals surface area contributed by atoms with Gasteiger partial charge in [-0.25, -0.2) is 0 Å². The minimum Gasteiger partial charge on any atom is -0.369 e. The molecule has 1 aromatic carbocycles. The molecule has 114 valence electrons. The molecule has 1 heterocycles. The van der Waals surface area contributed by atoms with Crippen LogP contribution < -0.4 is 11.1 Å². The van der Waals surface area contributed by atoms with Crippen LogP contribution in [-0.2, 0) is 9.59 Å². The number of carbonyl (C=O) groups excluding carboxylic acids is 2. The van der Waals surface area contributed by atoms with Gasteiger partial charge in [0.2, 0.25) is 11.8 Å². The van der Waals surface area contributed by atoms with Crippen molar-refractivity contribution in [2.24, 2.45) is 5.73 Å². The zero-order valence-corrected chi connectivity index (χ0v) is 12.8. The molecule has 5 nitrogen and oxygen atoms in total. The van der Waals surface area contributed by atoms with Crippen molar-refractivity contribution in [3.63, 3.8) is 0 Å². The highest BCUT2D eigenvalue weighted by Crippen LogP contribution is 2.19. The summed E-state index contributed by atoms with van der Waals surface area (Å²) in [5, 5.41) is 3.96. The summed E-state index contributed by atoms with van der Waals surface area (Å²) in [5.74, 6) is -0.677. The van der Waals surface area contributed by atoms with Crippen molar-refractivity contribution in [1.82, 2.24) is 10.2 Å². The van der Waals surface area contributed by atoms with E-state index >= 15 is 0 Å². The first-order chi connectivity index (χ1) is 9.97. The van der Waals surface area contributed by atoms with Crippen LogP contribution in [0.25, 0.3) is 0 Å². The van der Waals surface area contributed by atoms with Crippen molar-refractivity contribution in [1.29, 1.82) is 0 Å². The van der Waals surface area contributed by atoms with E-state index in [0.717, 1.165) is 18.5 Å². The number of hydrogen-bond acceptors (Lipinski definition) is 3. The number of rotatable bonds is 5. The van der Waals surface area contributed by atoms with Gasteiger partial charge in [-0.2, -0.15) is 0 Å². The predicted molar refractivity (Wildman–Crippen MR) is 82.0 cm³/mol. The molecule has 1 aliphatic heterocycles. The van der Waals surface area contributed by atoms with E-state index in [4.69, 9.17) is 17.3 Å². The molecule has 0 aromatic heterocycles. The molecule has 2 rings (SSSR count). The second-order valence-electron chi connectivity index (χ2n) is 5.37. The Balaban J connectivity index is 1.94. The monoisotopic (exact) mass is 309 g/mol. The molecule has 3 N–H and O–H groups in total. The van der Waals surface area contributed by atoms with Crippen LogP contribution in [-0.4, -0.2) is 42.4 Å². The lowest BCUT2D eigenvalue weighted by atomic mass is 9.98. The third kappa shape index (κ3) is 4.19. The van der Waals surface area contributed by atoms with Gasteiger partial charge in [-0.3, -0.25) is 9.59 Å². The van der Waals surface area contributed by atoms with E-state index in [-0.39, 0.29) is 17.9 Å². The first kappa shape index (κ1) is 15.8. The average molecular weight is 310 g/mol. The summed E-state index contributed by atoms with van der Waals surface area (Å²) in [7, 11) is 0. The summed E-state index contributed by atoms with van der Waals surface area (Å²) in [4.78, 5) is 24.8. The summed E-state index contributed by atoms with van der Waals surface area (Å²) in [6.07, 6.45) is 0.895. The summed E-state index contributed by atoms with van der Waals surface area (Å²) >= 11 is 5.85. The molecule has 1 aromatic rings. The molecular weight excluding hydrogens is 290 g/mol. The summed E-state index contributed by atoms with van der Waals surface area (Å²) < 4.78 is 0. The molecule has 0 bridgehead atoms. The minimum atomic E-state index is -0.395. The van der Waals surface area contributed by atoms with Crippen LogP contribution in [0.3, 0.4) is 0 Å². The third-order valence-electron chi connectivity index (χ3n) is 3.86. The van der Waals surface area contributed by atoms with Gasteiger partial charge in [-0.15, -0.1) is 0 Å². The topological polar surface area (TPSA) is 75.4 Å². The highest BCUT2D eigenvalue weighted by atomic mass is 35.5. The average Bonchev–Trinajstić information content (AvgIpc) is 2.90. The zero-order chi connectivity index (χ0) is 15.4. The molecule has 6 heteroatoms. The van der Waals surface area contributed by atoms with E-state index in [9.17, 15) is 9.59 Å². The van der Waals surface area contributed by atoms with Crippen molar-refractivity contribution in [2.45, 2.75) is 25.3 Å². The zero-order valence-electron chi connectivity index (χ0n) is 12.0. The quantitative estimate of drug-likeness (QED) is 0.856. The molecule has 2 amide bonds. The van der Waals surface area contributed by atoms with E-state index in [0.29, 0.717) is 18.1 Å². The Morgan fingerprint density at radius 1 is 1.43 bits per heavy atom. The number of benzene rings is 1. The number of halogens is 1. The number of carbonyl (C=O) groups is 2. The second-order valence-corrected chi connectivity index (χ2v) is 5.80. The Bertz CT molecular complexity index is 518. The lowest BCUT2D eigenvalue weighted by molar-refractivity contribution is -0.127. The maximum atomic E-state index is 11.6. The first-order valence-corrected chi connectivity index (χ1v) is 7.39. The molecule has 0 spiro atoms. The number of nitrogens with one attached hydrogen (secondary N) is 1. The molecule has 1 saturated heterocycles. The number of likely N-dealkylation sites (tertiary alicyclic amines) is 1. The van der Waals surface area contributed by atoms with Gasteiger partial charge in [0.15, 0.2) is 0 Å². The highest BCUT2D eigenvalue weighted by Gasteiger charge is 2.26. The van der Waals surface area contributed by atoms with E-state index in [1.807, 2.05) is 12.1 Å². The van der Waals surface area contributed by atoms with Gasteiger partial charge >= 0.3 is 0 Å². The van der Waals surface area contributed by atoms with Gasteiger partial charge in [-0.05, 0) is 24.1 Å². The van der Waals surface area contributed by atoms with Gasteiger partial charge in [0.25, 0.3) is 0 Å². The van der Waals surface area contributed by atoms with Crippen molar-refractivity contribution < 1.29 is 9.59 Å². The van der Waals surface area contributed by atoms with Gasteiger partial charge in [0, 0.05) is 37.6 Å². The van der Waals surface area contributed by atoms with Crippen molar-refractivity contribution in [3.05, 3.63) is 34.9 Å². The number of nitrogens with zero attached hydrogens (tertiary/aromatic N) is 1. The Hall–Kier alpha value is -1.59. The predicted octanol–water partition coefficient (Wildman–Crippen LogP) is 1.12. The van der Waals surface area contributed by atoms with E-state index < -0.39 is 5.92 Å². The molecular formula is C15H20ClN3O2. The molecule has 2 atom stereocenters. The van der Waals surface area contributed by atoms with Crippen LogP contribution in [0.1, 0.15) is 24.8 Å². The first-order valence-electron chi connectivity index (χ1n) is 7.01. The van der Waals surface area contributed by atoms with Crippen molar-refractivity contribution in [3.8, 4) is 0 Å². The molecule has 1 fully saturated rings. The largest absolute Gasteiger partial charge is 0.369 e. The van der Waals surface area contributed by atoms with E-state index in [1.54, 1.807) is 24.0 Å². The van der Waals surface area contributed by atoms with Gasteiger partial charge in [0.1, 0.15) is 0 Å². The lowest BCUT2D eigenvalue weighted by Gasteiger charge is -2.19. The normalized spacial score (nSPS) is 19.5. The summed E-state index contributed by atoms with van der Waals surface area (Å²) in [5.41, 5.74) is 6.34. The van der Waals surface area contributed by atoms with Gasteiger partial charge < -0.3 is 16.0 Å². The maximum Gasteiger partial charge on any atom is 0.226 e. The number of amides is 2. The van der Waals surface area contributed by atoms with E-state index in [2.05, 4.69) is 5.32 Å². The standard InChI is InChI=1S/C15H20ClN3O2/c1-10(20)19-7-6-13(9-19)18-8-14(15(17)21)11-2-4-12(16)5-3-11/h2-5,13-14,18H,6-9H2,1H3,(H2,17,21)/t13-,14+/m0/s1.